The van der Waals surface area contributed by atoms with E-state index in [0.717, 1.165) is 30.6 Å². The molecule has 1 aliphatic rings. The maximum absolute atomic E-state index is 13.2. The number of benzene rings is 1. The zero-order valence-electron chi connectivity index (χ0n) is 17.2. The van der Waals surface area contributed by atoms with Crippen LogP contribution in [0.5, 0.6) is 5.75 Å². The first-order valence-electron chi connectivity index (χ1n) is 9.83. The number of piperidine rings is 1. The molecule has 0 bridgehead atoms. The maximum Gasteiger partial charge on any atom is 0.243 e. The molecule has 1 fully saturated rings. The topological polar surface area (TPSA) is 46.6 Å². The number of nitrogens with zero attached hydrogens (tertiary/aromatic N) is 1. The molecule has 0 aromatic heterocycles. The van der Waals surface area contributed by atoms with Crippen molar-refractivity contribution in [1.82, 2.24) is 4.31 Å². The van der Waals surface area contributed by atoms with Crippen LogP contribution in [-0.2, 0) is 15.4 Å². The SMILES string of the molecule is CCCCOc1ccc(S(=O)(=O)N2C[C@H](C)C[C@@H](C)C2)cc1C(C)(C)C. The van der Waals surface area contributed by atoms with Gasteiger partial charge in [-0.2, -0.15) is 4.31 Å². The van der Waals surface area contributed by atoms with Gasteiger partial charge in [0.2, 0.25) is 10.0 Å². The van der Waals surface area contributed by atoms with E-state index in [-0.39, 0.29) is 5.41 Å². The molecule has 0 radical (unpaired) electrons. The highest BCUT2D eigenvalue weighted by atomic mass is 32.2. The van der Waals surface area contributed by atoms with Gasteiger partial charge in [-0.25, -0.2) is 8.42 Å². The second-order valence-electron chi connectivity index (χ2n) is 8.88. The summed E-state index contributed by atoms with van der Waals surface area (Å²) in [4.78, 5) is 0.381. The van der Waals surface area contributed by atoms with Crippen molar-refractivity contribution in [2.45, 2.75) is 71.1 Å². The van der Waals surface area contributed by atoms with E-state index in [9.17, 15) is 8.42 Å². The number of hydrogen-bond acceptors (Lipinski definition) is 3. The van der Waals surface area contributed by atoms with Crippen molar-refractivity contribution < 1.29 is 13.2 Å². The molecule has 0 unspecified atom stereocenters. The summed E-state index contributed by atoms with van der Waals surface area (Å²) >= 11 is 0. The van der Waals surface area contributed by atoms with Gasteiger partial charge in [-0.15, -0.1) is 0 Å². The monoisotopic (exact) mass is 381 g/mol. The van der Waals surface area contributed by atoms with E-state index in [0.29, 0.717) is 36.4 Å². The van der Waals surface area contributed by atoms with Crippen LogP contribution in [-0.4, -0.2) is 32.4 Å². The third kappa shape index (κ3) is 5.01. The van der Waals surface area contributed by atoms with Crippen molar-refractivity contribution in [3.05, 3.63) is 23.8 Å². The van der Waals surface area contributed by atoms with Gasteiger partial charge >= 0.3 is 0 Å². The van der Waals surface area contributed by atoms with Crippen molar-refractivity contribution in [3.63, 3.8) is 0 Å². The van der Waals surface area contributed by atoms with Crippen LogP contribution in [0.4, 0.5) is 0 Å². The molecule has 0 aliphatic carbocycles. The van der Waals surface area contributed by atoms with Gasteiger partial charge in [-0.1, -0.05) is 48.0 Å². The van der Waals surface area contributed by atoms with Crippen LogP contribution in [0.3, 0.4) is 0 Å². The molecule has 1 aromatic carbocycles. The quantitative estimate of drug-likeness (QED) is 0.663. The van der Waals surface area contributed by atoms with Crippen LogP contribution < -0.4 is 4.74 Å². The highest BCUT2D eigenvalue weighted by molar-refractivity contribution is 7.89. The van der Waals surface area contributed by atoms with E-state index in [1.807, 2.05) is 12.1 Å². The van der Waals surface area contributed by atoms with Crippen molar-refractivity contribution in [2.75, 3.05) is 19.7 Å². The standard InChI is InChI=1S/C21H35NO3S/c1-7-8-11-25-20-10-9-18(13-19(20)21(4,5)6)26(23,24)22-14-16(2)12-17(3)15-22/h9-10,13,16-17H,7-8,11-12,14-15H2,1-6H3/t16-,17-/m1/s1. The molecule has 1 heterocycles. The van der Waals surface area contributed by atoms with Crippen LogP contribution in [0.2, 0.25) is 0 Å². The van der Waals surface area contributed by atoms with Crippen LogP contribution in [0.1, 0.15) is 66.4 Å². The fourth-order valence-electron chi connectivity index (χ4n) is 3.66. The minimum absolute atomic E-state index is 0.185. The smallest absolute Gasteiger partial charge is 0.243 e. The third-order valence-corrected chi connectivity index (χ3v) is 6.82. The molecular formula is C21H35NO3S. The summed E-state index contributed by atoms with van der Waals surface area (Å²) in [5.41, 5.74) is 0.767. The average Bonchev–Trinajstić information content (AvgIpc) is 2.53. The van der Waals surface area contributed by atoms with E-state index in [4.69, 9.17) is 4.74 Å². The molecule has 1 aromatic rings. The van der Waals surface area contributed by atoms with Gasteiger partial charge in [0.15, 0.2) is 0 Å². The third-order valence-electron chi connectivity index (χ3n) is 4.99. The summed E-state index contributed by atoms with van der Waals surface area (Å²) < 4.78 is 34.0. The van der Waals surface area contributed by atoms with Gasteiger partial charge in [-0.3, -0.25) is 0 Å². The Bertz CT molecular complexity index is 696. The maximum atomic E-state index is 13.2. The number of ether oxygens (including phenoxy) is 1. The van der Waals surface area contributed by atoms with Crippen LogP contribution in [0.25, 0.3) is 0 Å². The highest BCUT2D eigenvalue weighted by Crippen LogP contribution is 2.35. The molecule has 1 saturated heterocycles. The van der Waals surface area contributed by atoms with Gasteiger partial charge in [-0.05, 0) is 48.3 Å². The Balaban J connectivity index is 2.36. The lowest BCUT2D eigenvalue weighted by Gasteiger charge is -2.34. The predicted molar refractivity (Wildman–Crippen MR) is 107 cm³/mol. The fraction of sp³-hybridized carbons (Fsp3) is 0.714. The molecule has 4 nitrogen and oxygen atoms in total. The van der Waals surface area contributed by atoms with Crippen molar-refractivity contribution in [2.24, 2.45) is 11.8 Å². The Labute approximate surface area is 160 Å². The molecule has 2 atom stereocenters. The van der Waals surface area contributed by atoms with Crippen LogP contribution in [0.15, 0.2) is 23.1 Å². The summed E-state index contributed by atoms with van der Waals surface area (Å²) in [6.45, 7) is 14.5. The van der Waals surface area contributed by atoms with E-state index in [1.54, 1.807) is 10.4 Å². The Morgan fingerprint density at radius 2 is 1.77 bits per heavy atom. The van der Waals surface area contributed by atoms with Gasteiger partial charge in [0, 0.05) is 18.7 Å². The summed E-state index contributed by atoms with van der Waals surface area (Å²) in [5, 5.41) is 0. The second-order valence-corrected chi connectivity index (χ2v) is 10.8. The van der Waals surface area contributed by atoms with Gasteiger partial charge in [0.05, 0.1) is 11.5 Å². The Kier molecular flexibility index (Phi) is 6.78. The van der Waals surface area contributed by atoms with Crippen molar-refractivity contribution in [3.8, 4) is 5.75 Å². The highest BCUT2D eigenvalue weighted by Gasteiger charge is 2.33. The lowest BCUT2D eigenvalue weighted by atomic mass is 9.86. The normalized spacial score (nSPS) is 22.4. The van der Waals surface area contributed by atoms with Crippen molar-refractivity contribution >= 4 is 10.0 Å². The Hall–Kier alpha value is -1.07. The zero-order valence-corrected chi connectivity index (χ0v) is 18.0. The second kappa shape index (κ2) is 8.30. The minimum atomic E-state index is -3.47. The Morgan fingerprint density at radius 3 is 2.31 bits per heavy atom. The zero-order chi connectivity index (χ0) is 19.5. The molecule has 26 heavy (non-hydrogen) atoms. The molecule has 0 N–H and O–H groups in total. The molecule has 1 aliphatic heterocycles. The first kappa shape index (κ1) is 21.2. The first-order chi connectivity index (χ1) is 12.1. The summed E-state index contributed by atoms with van der Waals surface area (Å²) in [6.07, 6.45) is 3.15. The molecular weight excluding hydrogens is 346 g/mol. The van der Waals surface area contributed by atoms with Crippen LogP contribution >= 0.6 is 0 Å². The lowest BCUT2D eigenvalue weighted by molar-refractivity contribution is 0.222. The first-order valence-corrected chi connectivity index (χ1v) is 11.3. The minimum Gasteiger partial charge on any atom is -0.493 e. The molecule has 148 valence electrons. The number of hydrogen-bond donors (Lipinski definition) is 0. The summed E-state index contributed by atoms with van der Waals surface area (Å²) in [6, 6.07) is 5.36. The van der Waals surface area contributed by atoms with E-state index < -0.39 is 10.0 Å². The van der Waals surface area contributed by atoms with Gasteiger partial charge in [0.1, 0.15) is 5.75 Å². The molecule has 0 amide bonds. The molecule has 5 heteroatoms. The number of sulfonamides is 1. The van der Waals surface area contributed by atoms with Crippen molar-refractivity contribution in [1.29, 1.82) is 0 Å². The summed E-state index contributed by atoms with van der Waals surface area (Å²) in [5.74, 6) is 1.59. The van der Waals surface area contributed by atoms with Crippen LogP contribution in [0, 0.1) is 11.8 Å². The molecule has 0 spiro atoms. The fourth-order valence-corrected chi connectivity index (χ4v) is 5.37. The largest absolute Gasteiger partial charge is 0.493 e. The number of unbranched alkanes of at least 4 members (excludes halogenated alkanes) is 1. The van der Waals surface area contributed by atoms with E-state index in [2.05, 4.69) is 41.5 Å². The lowest BCUT2D eigenvalue weighted by Crippen LogP contribution is -2.42. The van der Waals surface area contributed by atoms with Gasteiger partial charge in [0.25, 0.3) is 0 Å². The van der Waals surface area contributed by atoms with Gasteiger partial charge < -0.3 is 4.74 Å². The number of rotatable bonds is 6. The average molecular weight is 382 g/mol. The van der Waals surface area contributed by atoms with E-state index in [1.165, 1.54) is 0 Å². The Morgan fingerprint density at radius 1 is 1.15 bits per heavy atom. The molecule has 0 saturated carbocycles. The van der Waals surface area contributed by atoms with E-state index >= 15 is 0 Å². The predicted octanol–water partition coefficient (Wildman–Crippen LogP) is 4.83. The summed E-state index contributed by atoms with van der Waals surface area (Å²) in [7, 11) is -3.47. The molecule has 2 rings (SSSR count).